The van der Waals surface area contributed by atoms with Crippen molar-refractivity contribution in [2.75, 3.05) is 11.4 Å². The molecule has 0 saturated heterocycles. The maximum Gasteiger partial charge on any atom is 0.407 e. The van der Waals surface area contributed by atoms with Crippen LogP contribution < -0.4 is 15.0 Å². The van der Waals surface area contributed by atoms with E-state index in [-0.39, 0.29) is 29.2 Å². The lowest BCUT2D eigenvalue weighted by Crippen LogP contribution is -2.37. The molecule has 6 aromatic rings. The van der Waals surface area contributed by atoms with Crippen molar-refractivity contribution in [2.45, 2.75) is 52.5 Å². The Bertz CT molecular complexity index is 2220. The Morgan fingerprint density at radius 3 is 2.11 bits per heavy atom. The summed E-state index contributed by atoms with van der Waals surface area (Å²) in [4.78, 5) is 40.0. The fourth-order valence-corrected chi connectivity index (χ4v) is 5.74. The lowest BCUT2D eigenvalue weighted by molar-refractivity contribution is 0.0503. The molecule has 0 radical (unpaired) electrons. The van der Waals surface area contributed by atoms with E-state index in [1.54, 1.807) is 33.9 Å². The van der Waals surface area contributed by atoms with E-state index in [9.17, 15) is 14.7 Å². The molecule has 3 heterocycles. The van der Waals surface area contributed by atoms with E-state index < -0.39 is 35.6 Å². The lowest BCUT2D eigenvalue weighted by Gasteiger charge is -2.28. The molecular weight excluding hydrogens is 689 g/mol. The second-order valence-electron chi connectivity index (χ2n) is 13.5. The number of fused-ring (bicyclic) bond motifs is 1. The molecule has 3 aromatic heterocycles. The molecule has 3 aromatic carbocycles. The Morgan fingerprint density at radius 1 is 0.907 bits per heavy atom. The van der Waals surface area contributed by atoms with Crippen LogP contribution in [0.25, 0.3) is 16.8 Å². The van der Waals surface area contributed by atoms with Crippen LogP contribution in [0.15, 0.2) is 121 Å². The van der Waals surface area contributed by atoms with Gasteiger partial charge < -0.3 is 24.8 Å². The average molecular weight is 730 g/mol. The van der Waals surface area contributed by atoms with Gasteiger partial charge in [-0.2, -0.15) is 13.9 Å². The minimum absolute atomic E-state index is 0.0145. The number of aliphatic imine (C=N–C) groups is 1. The zero-order valence-electron chi connectivity index (χ0n) is 30.3. The monoisotopic (exact) mass is 729 g/mol. The number of alkyl carbamates (subject to hydrolysis) is 1. The molecule has 0 bridgehead atoms. The highest BCUT2D eigenvalue weighted by Crippen LogP contribution is 2.36. The van der Waals surface area contributed by atoms with E-state index in [1.165, 1.54) is 22.8 Å². The fourth-order valence-electron chi connectivity index (χ4n) is 5.74. The standard InChI is InChI=1S/C41H40FN7O5/c1-27(23-45-40(52)54-41(2,3)4)53-37-31(21-14-22-43-37)34(42)46-35-33(39(50)51)36-44-24-32(30-19-12-7-13-20-30)38(49(36)47-35)48(25-28-15-8-5-9-16-28)26-29-17-10-6-11-18-29/h5-22,24,27H,23,25-26H2,1-4H3,(H,45,52)(H,50,51). The van der Waals surface area contributed by atoms with Crippen LogP contribution in [0.5, 0.6) is 5.88 Å². The zero-order valence-corrected chi connectivity index (χ0v) is 30.3. The van der Waals surface area contributed by atoms with Gasteiger partial charge in [-0.1, -0.05) is 91.0 Å². The van der Waals surface area contributed by atoms with Crippen molar-refractivity contribution in [1.82, 2.24) is 24.9 Å². The Hall–Kier alpha value is -6.63. The molecule has 0 fully saturated rings. The van der Waals surface area contributed by atoms with E-state index >= 15 is 4.39 Å². The molecule has 12 nitrogen and oxygen atoms in total. The van der Waals surface area contributed by atoms with Gasteiger partial charge in [0.15, 0.2) is 17.0 Å². The average Bonchev–Trinajstić information content (AvgIpc) is 3.52. The van der Waals surface area contributed by atoms with Gasteiger partial charge in [-0.15, -0.1) is 5.10 Å². The Balaban J connectivity index is 1.44. The zero-order chi connectivity index (χ0) is 38.2. The molecule has 0 saturated carbocycles. The molecule has 2 N–H and O–H groups in total. The number of carbonyl (C=O) groups is 2. The van der Waals surface area contributed by atoms with Gasteiger partial charge in [-0.05, 0) is 56.5 Å². The molecule has 0 aliphatic heterocycles. The summed E-state index contributed by atoms with van der Waals surface area (Å²) in [5, 5.41) is 17.7. The topological polar surface area (TPSA) is 144 Å². The maximum atomic E-state index is 16.2. The van der Waals surface area contributed by atoms with Crippen LogP contribution >= 0.6 is 0 Å². The second kappa shape index (κ2) is 16.4. The number of ether oxygens (including phenoxy) is 2. The minimum Gasteiger partial charge on any atom is -0.477 e. The van der Waals surface area contributed by atoms with Crippen LogP contribution in [0.2, 0.25) is 0 Å². The third kappa shape index (κ3) is 9.05. The second-order valence-corrected chi connectivity index (χ2v) is 13.5. The van der Waals surface area contributed by atoms with Gasteiger partial charge in [0.05, 0.1) is 12.1 Å². The number of nitrogens with zero attached hydrogens (tertiary/aromatic N) is 6. The highest BCUT2D eigenvalue weighted by molar-refractivity contribution is 6.03. The molecular formula is C41H40FN7O5. The Kier molecular flexibility index (Phi) is 11.3. The summed E-state index contributed by atoms with van der Waals surface area (Å²) < 4.78 is 28.8. The normalized spacial score (nSPS) is 12.3. The lowest BCUT2D eigenvalue weighted by atomic mass is 10.1. The summed E-state index contributed by atoms with van der Waals surface area (Å²) in [6.07, 6.45) is 1.76. The number of pyridine rings is 1. The molecule has 1 atom stereocenters. The van der Waals surface area contributed by atoms with Crippen molar-refractivity contribution < 1.29 is 28.6 Å². The predicted octanol–water partition coefficient (Wildman–Crippen LogP) is 8.04. The van der Waals surface area contributed by atoms with Crippen molar-refractivity contribution in [3.05, 3.63) is 138 Å². The van der Waals surface area contributed by atoms with Gasteiger partial charge in [0.1, 0.15) is 17.5 Å². The summed E-state index contributed by atoms with van der Waals surface area (Å²) in [6, 6.07) is 32.2. The first-order valence-electron chi connectivity index (χ1n) is 17.3. The third-order valence-electron chi connectivity index (χ3n) is 8.07. The van der Waals surface area contributed by atoms with Crippen LogP contribution in [0.1, 0.15) is 54.7 Å². The van der Waals surface area contributed by atoms with E-state index in [4.69, 9.17) is 9.47 Å². The largest absolute Gasteiger partial charge is 0.477 e. The smallest absolute Gasteiger partial charge is 0.407 e. The molecule has 276 valence electrons. The number of hydrogen-bond acceptors (Lipinski definition) is 9. The number of amides is 1. The molecule has 0 aliphatic rings. The number of halogens is 1. The number of aromatic carboxylic acids is 1. The van der Waals surface area contributed by atoms with Gasteiger partial charge in [-0.25, -0.2) is 19.6 Å². The molecule has 1 unspecified atom stereocenters. The van der Waals surface area contributed by atoms with Crippen LogP contribution in [-0.2, 0) is 17.8 Å². The summed E-state index contributed by atoms with van der Waals surface area (Å²) in [5.41, 5.74) is 2.30. The number of anilines is 1. The van der Waals surface area contributed by atoms with E-state index in [0.717, 1.165) is 16.7 Å². The number of hydrogen-bond donors (Lipinski definition) is 2. The number of nitrogens with one attached hydrogen (secondary N) is 1. The van der Waals surface area contributed by atoms with Gasteiger partial charge in [-0.3, -0.25) is 0 Å². The number of rotatable bonds is 13. The quantitative estimate of drug-likeness (QED) is 0.113. The van der Waals surface area contributed by atoms with E-state index in [0.29, 0.717) is 24.5 Å². The molecule has 54 heavy (non-hydrogen) atoms. The van der Waals surface area contributed by atoms with Crippen LogP contribution in [0.3, 0.4) is 0 Å². The highest BCUT2D eigenvalue weighted by atomic mass is 19.1. The first kappa shape index (κ1) is 37.1. The number of carbonyl (C=O) groups excluding carboxylic acids is 1. The number of benzene rings is 3. The van der Waals surface area contributed by atoms with Gasteiger partial charge in [0.25, 0.3) is 0 Å². The number of aromatic nitrogens is 4. The first-order chi connectivity index (χ1) is 26.0. The number of carboxylic acids is 1. The van der Waals surface area contributed by atoms with E-state index in [1.807, 2.05) is 91.0 Å². The van der Waals surface area contributed by atoms with Crippen LogP contribution in [-0.4, -0.2) is 61.0 Å². The van der Waals surface area contributed by atoms with Crippen molar-refractivity contribution in [2.24, 2.45) is 4.99 Å². The van der Waals surface area contributed by atoms with Crippen molar-refractivity contribution in [3.63, 3.8) is 0 Å². The third-order valence-corrected chi connectivity index (χ3v) is 8.07. The number of carboxylic acid groups (broad SMARTS) is 1. The molecule has 0 spiro atoms. The summed E-state index contributed by atoms with van der Waals surface area (Å²) in [5.74, 6) is -2.43. The van der Waals surface area contributed by atoms with Crippen LogP contribution in [0, 0.1) is 0 Å². The maximum absolute atomic E-state index is 16.2. The van der Waals surface area contributed by atoms with Gasteiger partial charge in [0.2, 0.25) is 11.8 Å². The van der Waals surface area contributed by atoms with Crippen molar-refractivity contribution in [1.29, 1.82) is 0 Å². The van der Waals surface area contributed by atoms with Gasteiger partial charge in [0, 0.05) is 31.0 Å². The Labute approximate surface area is 311 Å². The fraction of sp³-hybridized carbons (Fsp3) is 0.220. The summed E-state index contributed by atoms with van der Waals surface area (Å²) in [6.45, 7) is 7.82. The van der Waals surface area contributed by atoms with Crippen molar-refractivity contribution >= 4 is 35.3 Å². The molecule has 13 heteroatoms. The van der Waals surface area contributed by atoms with Crippen LogP contribution in [0.4, 0.5) is 20.8 Å². The predicted molar refractivity (Wildman–Crippen MR) is 204 cm³/mol. The molecule has 6 rings (SSSR count). The first-order valence-corrected chi connectivity index (χ1v) is 17.3. The molecule has 1 amide bonds. The van der Waals surface area contributed by atoms with Crippen molar-refractivity contribution in [3.8, 4) is 17.0 Å². The minimum atomic E-state index is -1.38. The highest BCUT2D eigenvalue weighted by Gasteiger charge is 2.28. The SMILES string of the molecule is CC(CNC(=O)OC(C)(C)C)Oc1ncccc1C(F)=Nc1nn2c(N(Cc3ccccc3)Cc3ccccc3)c(-c3ccccc3)cnc2c1C(=O)O. The molecule has 0 aliphatic carbocycles. The van der Waals surface area contributed by atoms with Gasteiger partial charge >= 0.3 is 12.1 Å². The van der Waals surface area contributed by atoms with E-state index in [2.05, 4.69) is 30.3 Å². The summed E-state index contributed by atoms with van der Waals surface area (Å²) in [7, 11) is 0. The Morgan fingerprint density at radius 2 is 1.52 bits per heavy atom. The summed E-state index contributed by atoms with van der Waals surface area (Å²) >= 11 is 0.